The first-order chi connectivity index (χ1) is 5.65. The highest BCUT2D eigenvalue weighted by atomic mass is 16.1. The molecular weight excluding hydrogens is 152 g/mol. The van der Waals surface area contributed by atoms with Crippen molar-refractivity contribution >= 4 is 17.7 Å². The van der Waals surface area contributed by atoms with Crippen LogP contribution in [0.5, 0.6) is 0 Å². The molecule has 0 saturated carbocycles. The van der Waals surface area contributed by atoms with Crippen molar-refractivity contribution in [3.8, 4) is 0 Å². The van der Waals surface area contributed by atoms with Gasteiger partial charge in [-0.25, -0.2) is 0 Å². The summed E-state index contributed by atoms with van der Waals surface area (Å²) in [5, 5.41) is 7.01. The van der Waals surface area contributed by atoms with Gasteiger partial charge >= 0.3 is 0 Å². The number of anilines is 1. The molecule has 3 N–H and O–H groups in total. The monoisotopic (exact) mass is 162 g/mol. The molecule has 0 aliphatic heterocycles. The summed E-state index contributed by atoms with van der Waals surface area (Å²) >= 11 is 0. The molecule has 0 unspecified atom stereocenters. The zero-order valence-electron chi connectivity index (χ0n) is 6.79. The Morgan fingerprint density at radius 2 is 2.25 bits per heavy atom. The fourth-order valence-electron chi connectivity index (χ4n) is 0.919. The van der Waals surface area contributed by atoms with Crippen LogP contribution >= 0.6 is 0 Å². The Kier molecular flexibility index (Phi) is 2.24. The molecule has 0 aromatic heterocycles. The molecule has 0 aliphatic rings. The number of benzene rings is 1. The van der Waals surface area contributed by atoms with Crippen LogP contribution in [-0.4, -0.2) is 12.0 Å². The Morgan fingerprint density at radius 3 is 2.75 bits per heavy atom. The Labute approximate surface area is 70.7 Å². The highest BCUT2D eigenvalue weighted by Gasteiger charge is 2.01. The summed E-state index contributed by atoms with van der Waals surface area (Å²) in [6.07, 6.45) is 1.14. The van der Waals surface area contributed by atoms with Crippen LogP contribution in [0.3, 0.4) is 0 Å². The Morgan fingerprint density at radius 1 is 1.58 bits per heavy atom. The van der Waals surface area contributed by atoms with E-state index >= 15 is 0 Å². The number of carbonyl (C=O) groups excluding carboxylic acids is 1. The highest BCUT2D eigenvalue weighted by molar-refractivity contribution is 5.97. The maximum Gasteiger partial charge on any atom is 0.159 e. The van der Waals surface area contributed by atoms with Gasteiger partial charge in [0.1, 0.15) is 0 Å². The van der Waals surface area contributed by atoms with Crippen molar-refractivity contribution in [2.75, 3.05) is 5.73 Å². The van der Waals surface area contributed by atoms with Gasteiger partial charge in [-0.3, -0.25) is 4.79 Å². The molecule has 0 heterocycles. The van der Waals surface area contributed by atoms with Gasteiger partial charge < -0.3 is 11.1 Å². The molecule has 0 radical (unpaired) electrons. The number of carbonyl (C=O) groups is 1. The second-order valence-electron chi connectivity index (χ2n) is 2.54. The SMILES string of the molecule is CC(=O)c1ccc(N)c(C=N)c1. The lowest BCUT2D eigenvalue weighted by molar-refractivity contribution is 0.101. The molecule has 1 rings (SSSR count). The number of nitrogen functional groups attached to an aromatic ring is 1. The molecule has 0 spiro atoms. The second kappa shape index (κ2) is 3.17. The van der Waals surface area contributed by atoms with E-state index in [-0.39, 0.29) is 5.78 Å². The molecule has 3 heteroatoms. The van der Waals surface area contributed by atoms with E-state index in [0.29, 0.717) is 16.8 Å². The minimum Gasteiger partial charge on any atom is -0.398 e. The van der Waals surface area contributed by atoms with Crippen LogP contribution in [0.15, 0.2) is 18.2 Å². The first kappa shape index (κ1) is 8.46. The second-order valence-corrected chi connectivity index (χ2v) is 2.54. The van der Waals surface area contributed by atoms with E-state index in [1.165, 1.54) is 6.92 Å². The molecule has 0 bridgehead atoms. The minimum absolute atomic E-state index is 0.0156. The third-order valence-electron chi connectivity index (χ3n) is 1.65. The summed E-state index contributed by atoms with van der Waals surface area (Å²) in [6, 6.07) is 4.91. The van der Waals surface area contributed by atoms with Crippen molar-refractivity contribution in [3.63, 3.8) is 0 Å². The number of Topliss-reactive ketones (excluding diaryl/α,β-unsaturated/α-hetero) is 1. The molecule has 0 saturated heterocycles. The van der Waals surface area contributed by atoms with Crippen LogP contribution in [0, 0.1) is 5.41 Å². The first-order valence-corrected chi connectivity index (χ1v) is 3.56. The molecule has 3 nitrogen and oxygen atoms in total. The maximum atomic E-state index is 10.9. The van der Waals surface area contributed by atoms with E-state index < -0.39 is 0 Å². The minimum atomic E-state index is -0.0156. The number of hydrogen-bond donors (Lipinski definition) is 2. The maximum absolute atomic E-state index is 10.9. The van der Waals surface area contributed by atoms with E-state index in [9.17, 15) is 4.79 Å². The highest BCUT2D eigenvalue weighted by Crippen LogP contribution is 2.11. The molecule has 1 aromatic carbocycles. The zero-order chi connectivity index (χ0) is 9.14. The summed E-state index contributed by atoms with van der Waals surface area (Å²) in [6.45, 7) is 1.49. The molecule has 0 amide bonds. The summed E-state index contributed by atoms with van der Waals surface area (Å²) in [5.74, 6) is -0.0156. The smallest absolute Gasteiger partial charge is 0.159 e. The summed E-state index contributed by atoms with van der Waals surface area (Å²) in [5.41, 5.74) is 7.23. The van der Waals surface area contributed by atoms with Crippen LogP contribution in [0.2, 0.25) is 0 Å². The van der Waals surface area contributed by atoms with Gasteiger partial charge in [0.15, 0.2) is 5.78 Å². The van der Waals surface area contributed by atoms with Gasteiger partial charge in [0, 0.05) is 23.0 Å². The van der Waals surface area contributed by atoms with Gasteiger partial charge in [0.2, 0.25) is 0 Å². The number of ketones is 1. The molecule has 0 fully saturated rings. The van der Waals surface area contributed by atoms with Gasteiger partial charge in [0.05, 0.1) is 0 Å². The van der Waals surface area contributed by atoms with Crippen LogP contribution < -0.4 is 5.73 Å². The predicted molar refractivity (Wildman–Crippen MR) is 48.7 cm³/mol. The molecule has 62 valence electrons. The number of nitrogens with two attached hydrogens (primary N) is 1. The topological polar surface area (TPSA) is 66.9 Å². The largest absolute Gasteiger partial charge is 0.398 e. The number of nitrogens with one attached hydrogen (secondary N) is 1. The van der Waals surface area contributed by atoms with Gasteiger partial charge in [0.25, 0.3) is 0 Å². The van der Waals surface area contributed by atoms with E-state index in [4.69, 9.17) is 11.1 Å². The lowest BCUT2D eigenvalue weighted by Gasteiger charge is -2.00. The average molecular weight is 162 g/mol. The summed E-state index contributed by atoms with van der Waals surface area (Å²) in [4.78, 5) is 10.9. The average Bonchev–Trinajstić information content (AvgIpc) is 2.05. The van der Waals surface area contributed by atoms with Gasteiger partial charge in [-0.05, 0) is 25.1 Å². The summed E-state index contributed by atoms with van der Waals surface area (Å²) < 4.78 is 0. The van der Waals surface area contributed by atoms with Crippen molar-refractivity contribution in [1.29, 1.82) is 5.41 Å². The molecule has 12 heavy (non-hydrogen) atoms. The summed E-state index contributed by atoms with van der Waals surface area (Å²) in [7, 11) is 0. The van der Waals surface area contributed by atoms with Crippen molar-refractivity contribution in [3.05, 3.63) is 29.3 Å². The Bertz CT molecular complexity index is 331. The molecular formula is C9H10N2O. The third-order valence-corrected chi connectivity index (χ3v) is 1.65. The van der Waals surface area contributed by atoms with Crippen molar-refractivity contribution in [1.82, 2.24) is 0 Å². The predicted octanol–water partition coefficient (Wildman–Crippen LogP) is 1.47. The lowest BCUT2D eigenvalue weighted by atomic mass is 10.1. The van der Waals surface area contributed by atoms with Crippen molar-refractivity contribution < 1.29 is 4.79 Å². The van der Waals surface area contributed by atoms with Gasteiger partial charge in [-0.15, -0.1) is 0 Å². The molecule has 0 atom stereocenters. The van der Waals surface area contributed by atoms with E-state index in [2.05, 4.69) is 0 Å². The first-order valence-electron chi connectivity index (χ1n) is 3.56. The molecule has 0 aliphatic carbocycles. The van der Waals surface area contributed by atoms with E-state index in [1.54, 1.807) is 18.2 Å². The van der Waals surface area contributed by atoms with Gasteiger partial charge in [-0.2, -0.15) is 0 Å². The normalized spacial score (nSPS) is 9.42. The van der Waals surface area contributed by atoms with Crippen LogP contribution in [0.4, 0.5) is 5.69 Å². The Hall–Kier alpha value is -1.64. The fourth-order valence-corrected chi connectivity index (χ4v) is 0.919. The quantitative estimate of drug-likeness (QED) is 0.393. The Balaban J connectivity index is 3.22. The number of rotatable bonds is 2. The van der Waals surface area contributed by atoms with Crippen molar-refractivity contribution in [2.45, 2.75) is 6.92 Å². The zero-order valence-corrected chi connectivity index (χ0v) is 6.79. The van der Waals surface area contributed by atoms with Crippen LogP contribution in [0.1, 0.15) is 22.8 Å². The molecule has 1 aromatic rings. The van der Waals surface area contributed by atoms with E-state index in [0.717, 1.165) is 6.21 Å². The standard InChI is InChI=1S/C9H10N2O/c1-6(12)7-2-3-9(11)8(4-7)5-10/h2-5,10H,11H2,1H3. The fraction of sp³-hybridized carbons (Fsp3) is 0.111. The van der Waals surface area contributed by atoms with Crippen LogP contribution in [0.25, 0.3) is 0 Å². The van der Waals surface area contributed by atoms with Crippen LogP contribution in [-0.2, 0) is 0 Å². The number of hydrogen-bond acceptors (Lipinski definition) is 3. The van der Waals surface area contributed by atoms with E-state index in [1.807, 2.05) is 0 Å². The van der Waals surface area contributed by atoms with Gasteiger partial charge in [-0.1, -0.05) is 0 Å². The third kappa shape index (κ3) is 1.50. The lowest BCUT2D eigenvalue weighted by Crippen LogP contribution is -1.97. The van der Waals surface area contributed by atoms with Crippen molar-refractivity contribution in [2.24, 2.45) is 0 Å².